The Bertz CT molecular complexity index is 1910. The quantitative estimate of drug-likeness (QED) is 0.133. The number of rotatable bonds is 14. The molecule has 0 radical (unpaired) electrons. The number of likely N-dealkylation sites (tertiary alicyclic amines) is 1. The molecule has 1 aliphatic rings. The fourth-order valence-electron chi connectivity index (χ4n) is 6.77. The van der Waals surface area contributed by atoms with Crippen molar-refractivity contribution < 1.29 is 33.4 Å². The van der Waals surface area contributed by atoms with Gasteiger partial charge in [0.2, 0.25) is 11.8 Å². The van der Waals surface area contributed by atoms with Gasteiger partial charge < -0.3 is 24.4 Å². The van der Waals surface area contributed by atoms with Gasteiger partial charge in [0.1, 0.15) is 36.5 Å². The molecule has 0 bridgehead atoms. The summed E-state index contributed by atoms with van der Waals surface area (Å²) in [7, 11) is 1.58. The third-order valence-electron chi connectivity index (χ3n) is 9.49. The van der Waals surface area contributed by atoms with Crippen LogP contribution in [0.1, 0.15) is 81.8 Å². The number of pyridine rings is 1. The predicted molar refractivity (Wildman–Crippen MR) is 211 cm³/mol. The molecule has 2 heterocycles. The van der Waals surface area contributed by atoms with E-state index in [9.17, 15) is 19.2 Å². The van der Waals surface area contributed by atoms with Crippen LogP contribution in [0.5, 0.6) is 5.75 Å². The number of fused-ring (bicyclic) bond motifs is 1. The Hall–Kier alpha value is -5.45. The number of para-hydroxylation sites is 1. The second-order valence-electron chi connectivity index (χ2n) is 15.6. The summed E-state index contributed by atoms with van der Waals surface area (Å²) in [5.74, 6) is -0.794. The van der Waals surface area contributed by atoms with Gasteiger partial charge in [-0.15, -0.1) is 0 Å². The highest BCUT2D eigenvalue weighted by Gasteiger charge is 2.40. The Kier molecular flexibility index (Phi) is 13.9. The number of ether oxygens (including phenoxy) is 3. The zero-order chi connectivity index (χ0) is 39.5. The summed E-state index contributed by atoms with van der Waals surface area (Å²) in [6.45, 7) is 9.84. The summed E-state index contributed by atoms with van der Waals surface area (Å²) >= 11 is 0. The van der Waals surface area contributed by atoms with Crippen molar-refractivity contribution in [3.8, 4) is 5.75 Å². The Morgan fingerprint density at radius 1 is 0.909 bits per heavy atom. The molecule has 11 nitrogen and oxygen atoms in total. The van der Waals surface area contributed by atoms with Crippen molar-refractivity contribution in [2.24, 2.45) is 5.92 Å². The Balaban J connectivity index is 1.38. The molecule has 11 heteroatoms. The molecule has 3 atom stereocenters. The molecule has 1 aromatic heterocycles. The number of hydrogen-bond donors (Lipinski definition) is 1. The zero-order valence-electron chi connectivity index (χ0n) is 32.8. The van der Waals surface area contributed by atoms with E-state index >= 15 is 0 Å². The van der Waals surface area contributed by atoms with Gasteiger partial charge in [0.25, 0.3) is 0 Å². The third kappa shape index (κ3) is 11.3. The lowest BCUT2D eigenvalue weighted by Crippen LogP contribution is -2.59. The van der Waals surface area contributed by atoms with Gasteiger partial charge in [0.05, 0.1) is 17.8 Å². The number of piperidine rings is 1. The highest BCUT2D eigenvalue weighted by Crippen LogP contribution is 2.28. The highest BCUT2D eigenvalue weighted by atomic mass is 16.6. The van der Waals surface area contributed by atoms with Gasteiger partial charge in [-0.05, 0) is 76.0 Å². The minimum absolute atomic E-state index is 0.0115. The number of carbonyl (C=O) groups excluding carboxylic acids is 4. The number of aromatic nitrogens is 1. The number of nitrogens with one attached hydrogen (secondary N) is 1. The van der Waals surface area contributed by atoms with Crippen LogP contribution < -0.4 is 10.1 Å². The fraction of sp³-hybridized carbons (Fsp3) is 0.432. The minimum Gasteiger partial charge on any atom is -0.489 e. The number of likely N-dealkylation sites (N-methyl/N-ethyl adjacent to an activating group) is 1. The number of benzene rings is 3. The van der Waals surface area contributed by atoms with Crippen LogP contribution in [-0.4, -0.2) is 82.6 Å². The lowest BCUT2D eigenvalue weighted by atomic mass is 9.96. The van der Waals surface area contributed by atoms with E-state index in [-0.39, 0.29) is 42.3 Å². The molecule has 1 fully saturated rings. The minimum atomic E-state index is -0.799. The van der Waals surface area contributed by atoms with Crippen molar-refractivity contribution in [1.82, 2.24) is 20.1 Å². The molecule has 0 saturated carbocycles. The SMILES string of the molecule is CC(C)CC(C(=O)N1CCCCC1C(=O)NC(COc1cnc2ccccc2c1C(=O)OCc1ccccc1)Cc1ccccc1)N(C)C(=O)OC(C)(C)C. The number of amides is 3. The monoisotopic (exact) mass is 750 g/mol. The molecule has 0 aliphatic carbocycles. The first-order valence-electron chi connectivity index (χ1n) is 19.1. The van der Waals surface area contributed by atoms with Crippen LogP contribution in [0.15, 0.2) is 91.1 Å². The molecule has 1 aliphatic heterocycles. The molecule has 3 amide bonds. The van der Waals surface area contributed by atoms with Crippen molar-refractivity contribution in [3.63, 3.8) is 0 Å². The summed E-state index contributed by atoms with van der Waals surface area (Å²) in [5, 5.41) is 3.77. The number of nitrogens with zero attached hydrogens (tertiary/aromatic N) is 3. The summed E-state index contributed by atoms with van der Waals surface area (Å²) in [5.41, 5.74) is 1.96. The van der Waals surface area contributed by atoms with E-state index in [1.54, 1.807) is 38.8 Å². The van der Waals surface area contributed by atoms with Crippen molar-refractivity contribution in [2.75, 3.05) is 20.2 Å². The maximum Gasteiger partial charge on any atom is 0.410 e. The predicted octanol–water partition coefficient (Wildman–Crippen LogP) is 7.36. The normalized spacial score (nSPS) is 15.5. The maximum atomic E-state index is 14.3. The lowest BCUT2D eigenvalue weighted by Gasteiger charge is -2.40. The third-order valence-corrected chi connectivity index (χ3v) is 9.49. The summed E-state index contributed by atoms with van der Waals surface area (Å²) < 4.78 is 17.8. The molecule has 1 N–H and O–H groups in total. The van der Waals surface area contributed by atoms with Crippen LogP contribution in [0.25, 0.3) is 10.9 Å². The summed E-state index contributed by atoms with van der Waals surface area (Å²) in [6.07, 6.45) is 3.77. The van der Waals surface area contributed by atoms with Gasteiger partial charge in [-0.3, -0.25) is 19.5 Å². The van der Waals surface area contributed by atoms with E-state index < -0.39 is 35.8 Å². The van der Waals surface area contributed by atoms with Gasteiger partial charge >= 0.3 is 12.1 Å². The molecular weight excluding hydrogens is 697 g/mol. The molecular formula is C44H54N4O7. The molecule has 0 spiro atoms. The van der Waals surface area contributed by atoms with E-state index in [0.717, 1.165) is 24.0 Å². The highest BCUT2D eigenvalue weighted by molar-refractivity contribution is 6.05. The molecule has 55 heavy (non-hydrogen) atoms. The van der Waals surface area contributed by atoms with Crippen molar-refractivity contribution >= 4 is 34.8 Å². The second kappa shape index (κ2) is 18.7. The van der Waals surface area contributed by atoms with Crippen LogP contribution in [0.2, 0.25) is 0 Å². The van der Waals surface area contributed by atoms with Gasteiger partial charge in [-0.1, -0.05) is 92.7 Å². The fourth-order valence-corrected chi connectivity index (χ4v) is 6.77. The van der Waals surface area contributed by atoms with Crippen LogP contribution in [-0.2, 0) is 32.1 Å². The lowest BCUT2D eigenvalue weighted by molar-refractivity contribution is -0.146. The van der Waals surface area contributed by atoms with E-state index in [4.69, 9.17) is 14.2 Å². The first-order chi connectivity index (χ1) is 26.3. The van der Waals surface area contributed by atoms with E-state index in [1.165, 1.54) is 11.1 Å². The molecule has 292 valence electrons. The van der Waals surface area contributed by atoms with Crippen LogP contribution in [0.3, 0.4) is 0 Å². The Labute approximate surface area is 324 Å². The molecule has 4 aromatic rings. The average molecular weight is 751 g/mol. The van der Waals surface area contributed by atoms with Gasteiger partial charge in [-0.25, -0.2) is 9.59 Å². The van der Waals surface area contributed by atoms with E-state index in [1.807, 2.05) is 92.7 Å². The largest absolute Gasteiger partial charge is 0.489 e. The zero-order valence-corrected chi connectivity index (χ0v) is 32.8. The number of hydrogen-bond acceptors (Lipinski definition) is 8. The smallest absolute Gasteiger partial charge is 0.410 e. The first-order valence-corrected chi connectivity index (χ1v) is 19.1. The molecule has 3 aromatic carbocycles. The first kappa shape index (κ1) is 40.7. The standard InChI is InChI=1S/C44H54N4O7/c1-30(2)25-37(47(6)43(52)55-44(3,4)5)41(50)48-24-16-15-23-36(48)40(49)46-33(26-31-17-9-7-10-18-31)29-53-38-27-45-35-22-14-13-21-34(35)39(38)42(51)54-28-32-19-11-8-12-20-32/h7-14,17-22,27,30,33,36-37H,15-16,23-26,28-29H2,1-6H3,(H,46,49). The second-order valence-corrected chi connectivity index (χ2v) is 15.6. The van der Waals surface area contributed by atoms with Crippen molar-refractivity contribution in [1.29, 1.82) is 0 Å². The van der Waals surface area contributed by atoms with Gasteiger partial charge in [0, 0.05) is 19.0 Å². The summed E-state index contributed by atoms with van der Waals surface area (Å²) in [6, 6.07) is 24.4. The van der Waals surface area contributed by atoms with Crippen molar-refractivity contribution in [3.05, 3.63) is 108 Å². The van der Waals surface area contributed by atoms with Crippen LogP contribution in [0.4, 0.5) is 4.79 Å². The molecule has 3 unspecified atom stereocenters. The molecule has 5 rings (SSSR count). The number of carbonyl (C=O) groups is 4. The van der Waals surface area contributed by atoms with Gasteiger partial charge in [0.15, 0.2) is 5.75 Å². The average Bonchev–Trinajstić information content (AvgIpc) is 3.17. The van der Waals surface area contributed by atoms with E-state index in [2.05, 4.69) is 10.3 Å². The van der Waals surface area contributed by atoms with Crippen LogP contribution in [0, 0.1) is 5.92 Å². The topological polar surface area (TPSA) is 127 Å². The Morgan fingerprint density at radius 2 is 1.56 bits per heavy atom. The number of esters is 1. The van der Waals surface area contributed by atoms with E-state index in [0.29, 0.717) is 36.7 Å². The Morgan fingerprint density at radius 3 is 2.24 bits per heavy atom. The summed E-state index contributed by atoms with van der Waals surface area (Å²) in [4.78, 5) is 63.0. The van der Waals surface area contributed by atoms with Gasteiger partial charge in [-0.2, -0.15) is 0 Å². The van der Waals surface area contributed by atoms with Crippen molar-refractivity contribution in [2.45, 2.75) is 97.1 Å². The molecule has 1 saturated heterocycles. The maximum absolute atomic E-state index is 14.3. The van der Waals surface area contributed by atoms with Crippen LogP contribution >= 0.6 is 0 Å².